The van der Waals surface area contributed by atoms with E-state index in [1.54, 1.807) is 32.3 Å². The lowest BCUT2D eigenvalue weighted by Gasteiger charge is -2.11. The van der Waals surface area contributed by atoms with Crippen LogP contribution in [0.2, 0.25) is 0 Å². The number of aliphatic hydroxyl groups is 1. The zero-order valence-corrected chi connectivity index (χ0v) is 9.32. The van der Waals surface area contributed by atoms with Crippen molar-refractivity contribution < 1.29 is 9.90 Å². The Kier molecular flexibility index (Phi) is 4.37. The molecule has 0 heterocycles. The summed E-state index contributed by atoms with van der Waals surface area (Å²) in [4.78, 5) is 12.8. The third kappa shape index (κ3) is 3.64. The molecular formula is C12H14N2O2. The molecule has 0 saturated heterocycles. The van der Waals surface area contributed by atoms with Crippen LogP contribution in [0.5, 0.6) is 0 Å². The highest BCUT2D eigenvalue weighted by Gasteiger charge is 2.03. The summed E-state index contributed by atoms with van der Waals surface area (Å²) < 4.78 is 0. The summed E-state index contributed by atoms with van der Waals surface area (Å²) in [5, 5.41) is 11.3. The number of carbonyl (C=O) groups excluding carboxylic acids is 1. The van der Waals surface area contributed by atoms with Crippen molar-refractivity contribution >= 4 is 11.7 Å². The summed E-state index contributed by atoms with van der Waals surface area (Å²) in [5.41, 5.74) is 1.44. The van der Waals surface area contributed by atoms with Crippen LogP contribution in [-0.2, 0) is 0 Å². The van der Waals surface area contributed by atoms with Crippen molar-refractivity contribution in [2.24, 2.45) is 0 Å². The number of aliphatic hydroxyl groups excluding tert-OH is 1. The number of carbonyl (C=O) groups is 1. The number of hydrogen-bond donors (Lipinski definition) is 2. The fourth-order valence-corrected chi connectivity index (χ4v) is 1.05. The van der Waals surface area contributed by atoms with Gasteiger partial charge in [0.05, 0.1) is 0 Å². The van der Waals surface area contributed by atoms with E-state index >= 15 is 0 Å². The minimum Gasteiger partial charge on any atom is -0.384 e. The maximum absolute atomic E-state index is 11.4. The minimum atomic E-state index is -0.188. The molecule has 84 valence electrons. The Bertz CT molecular complexity index is 430. The molecule has 0 unspecified atom stereocenters. The number of hydrogen-bond acceptors (Lipinski definition) is 2. The van der Waals surface area contributed by atoms with E-state index in [0.717, 1.165) is 5.56 Å². The largest absolute Gasteiger partial charge is 0.384 e. The van der Waals surface area contributed by atoms with Crippen molar-refractivity contribution in [2.75, 3.05) is 26.0 Å². The van der Waals surface area contributed by atoms with Gasteiger partial charge in [-0.15, -0.1) is 0 Å². The first-order valence-corrected chi connectivity index (χ1v) is 4.81. The van der Waals surface area contributed by atoms with Gasteiger partial charge in [-0.3, -0.25) is 0 Å². The van der Waals surface area contributed by atoms with Crippen LogP contribution < -0.4 is 5.32 Å². The Morgan fingerprint density at radius 1 is 1.50 bits per heavy atom. The third-order valence-corrected chi connectivity index (χ3v) is 1.83. The summed E-state index contributed by atoms with van der Waals surface area (Å²) >= 11 is 0. The summed E-state index contributed by atoms with van der Waals surface area (Å²) in [6.45, 7) is -0.172. The molecule has 1 rings (SSSR count). The molecule has 0 aliphatic carbocycles. The monoisotopic (exact) mass is 218 g/mol. The fourth-order valence-electron chi connectivity index (χ4n) is 1.05. The molecule has 0 fully saturated rings. The summed E-state index contributed by atoms with van der Waals surface area (Å²) in [6.07, 6.45) is 0. The van der Waals surface area contributed by atoms with Gasteiger partial charge in [0.25, 0.3) is 0 Å². The highest BCUT2D eigenvalue weighted by atomic mass is 16.2. The molecule has 2 amide bonds. The van der Waals surface area contributed by atoms with E-state index in [-0.39, 0.29) is 12.6 Å². The fraction of sp³-hybridized carbons (Fsp3) is 0.250. The molecule has 0 atom stereocenters. The number of nitrogens with zero attached hydrogens (tertiary/aromatic N) is 1. The Labute approximate surface area is 94.9 Å². The Balaban J connectivity index is 2.78. The minimum absolute atomic E-state index is 0.172. The second kappa shape index (κ2) is 5.79. The molecule has 1 aromatic carbocycles. The van der Waals surface area contributed by atoms with Gasteiger partial charge in [0.1, 0.15) is 6.61 Å². The van der Waals surface area contributed by atoms with Gasteiger partial charge in [-0.1, -0.05) is 17.9 Å². The van der Waals surface area contributed by atoms with Crippen LogP contribution in [0.1, 0.15) is 5.56 Å². The van der Waals surface area contributed by atoms with Crippen molar-refractivity contribution in [3.8, 4) is 11.8 Å². The number of anilines is 1. The highest BCUT2D eigenvalue weighted by molar-refractivity contribution is 5.89. The molecule has 0 aromatic heterocycles. The van der Waals surface area contributed by atoms with Gasteiger partial charge in [0, 0.05) is 25.3 Å². The third-order valence-electron chi connectivity index (χ3n) is 1.83. The number of nitrogens with one attached hydrogen (secondary N) is 1. The SMILES string of the molecule is CN(C)C(=O)Nc1cccc(C#CCO)c1. The molecule has 4 heteroatoms. The number of benzene rings is 1. The average Bonchev–Trinajstić information content (AvgIpc) is 2.26. The van der Waals surface area contributed by atoms with E-state index < -0.39 is 0 Å². The van der Waals surface area contributed by atoms with Gasteiger partial charge in [-0.05, 0) is 18.2 Å². The van der Waals surface area contributed by atoms with Crippen LogP contribution >= 0.6 is 0 Å². The first-order chi connectivity index (χ1) is 7.63. The summed E-state index contributed by atoms with van der Waals surface area (Å²) in [5.74, 6) is 5.32. The van der Waals surface area contributed by atoms with Crippen LogP contribution in [0.15, 0.2) is 24.3 Å². The lowest BCUT2D eigenvalue weighted by atomic mass is 10.2. The van der Waals surface area contributed by atoms with Gasteiger partial charge in [-0.2, -0.15) is 0 Å². The van der Waals surface area contributed by atoms with Crippen LogP contribution in [0.3, 0.4) is 0 Å². The van der Waals surface area contributed by atoms with Crippen LogP contribution in [-0.4, -0.2) is 36.7 Å². The lowest BCUT2D eigenvalue weighted by Crippen LogP contribution is -2.27. The van der Waals surface area contributed by atoms with E-state index in [1.165, 1.54) is 4.90 Å². The quantitative estimate of drug-likeness (QED) is 0.694. The van der Waals surface area contributed by atoms with Crippen molar-refractivity contribution in [3.63, 3.8) is 0 Å². The Morgan fingerprint density at radius 2 is 2.25 bits per heavy atom. The van der Waals surface area contributed by atoms with Crippen LogP contribution in [0, 0.1) is 11.8 Å². The molecule has 0 aliphatic rings. The van der Waals surface area contributed by atoms with Gasteiger partial charge in [0.15, 0.2) is 0 Å². The van der Waals surface area contributed by atoms with Crippen molar-refractivity contribution in [3.05, 3.63) is 29.8 Å². The van der Waals surface area contributed by atoms with E-state index in [0.29, 0.717) is 5.69 Å². The zero-order chi connectivity index (χ0) is 12.0. The predicted octanol–water partition coefficient (Wildman–Crippen LogP) is 1.12. The molecular weight excluding hydrogens is 204 g/mol. The lowest BCUT2D eigenvalue weighted by molar-refractivity contribution is 0.230. The van der Waals surface area contributed by atoms with Crippen molar-refractivity contribution in [2.45, 2.75) is 0 Å². The standard InChI is InChI=1S/C12H14N2O2/c1-14(2)12(16)13-11-7-3-5-10(9-11)6-4-8-15/h3,5,7,9,15H,8H2,1-2H3,(H,13,16). The summed E-state index contributed by atoms with van der Waals surface area (Å²) in [7, 11) is 3.34. The van der Waals surface area contributed by atoms with Gasteiger partial charge in [0.2, 0.25) is 0 Å². The molecule has 16 heavy (non-hydrogen) atoms. The molecule has 1 aromatic rings. The smallest absolute Gasteiger partial charge is 0.321 e. The van der Waals surface area contributed by atoms with Gasteiger partial charge in [-0.25, -0.2) is 4.79 Å². The topological polar surface area (TPSA) is 52.6 Å². The Morgan fingerprint density at radius 3 is 2.88 bits per heavy atom. The first kappa shape index (κ1) is 12.1. The zero-order valence-electron chi connectivity index (χ0n) is 9.32. The first-order valence-electron chi connectivity index (χ1n) is 4.81. The highest BCUT2D eigenvalue weighted by Crippen LogP contribution is 2.10. The van der Waals surface area contributed by atoms with Crippen LogP contribution in [0.4, 0.5) is 10.5 Å². The summed E-state index contributed by atoms with van der Waals surface area (Å²) in [6, 6.07) is 6.96. The van der Waals surface area contributed by atoms with Gasteiger partial charge >= 0.3 is 6.03 Å². The molecule has 0 bridgehead atoms. The van der Waals surface area contributed by atoms with E-state index in [1.807, 2.05) is 6.07 Å². The second-order valence-corrected chi connectivity index (χ2v) is 3.37. The van der Waals surface area contributed by atoms with Gasteiger partial charge < -0.3 is 15.3 Å². The second-order valence-electron chi connectivity index (χ2n) is 3.37. The van der Waals surface area contributed by atoms with E-state index in [2.05, 4.69) is 17.2 Å². The normalized spacial score (nSPS) is 8.94. The van der Waals surface area contributed by atoms with Crippen LogP contribution in [0.25, 0.3) is 0 Å². The molecule has 4 nitrogen and oxygen atoms in total. The Hall–Kier alpha value is -1.99. The van der Waals surface area contributed by atoms with E-state index in [4.69, 9.17) is 5.11 Å². The van der Waals surface area contributed by atoms with E-state index in [9.17, 15) is 4.79 Å². The number of amides is 2. The molecule has 0 aliphatic heterocycles. The molecule has 0 saturated carbocycles. The maximum atomic E-state index is 11.4. The number of rotatable bonds is 1. The predicted molar refractivity (Wildman–Crippen MR) is 63.1 cm³/mol. The van der Waals surface area contributed by atoms with Crippen molar-refractivity contribution in [1.82, 2.24) is 4.90 Å². The van der Waals surface area contributed by atoms with Crippen molar-refractivity contribution in [1.29, 1.82) is 0 Å². The number of urea groups is 1. The molecule has 2 N–H and O–H groups in total. The molecule has 0 spiro atoms. The molecule has 0 radical (unpaired) electrons. The average molecular weight is 218 g/mol. The maximum Gasteiger partial charge on any atom is 0.321 e.